The van der Waals surface area contributed by atoms with E-state index in [2.05, 4.69) is 31.3 Å². The van der Waals surface area contributed by atoms with Crippen LogP contribution in [0.3, 0.4) is 0 Å². The molecule has 0 saturated heterocycles. The molecule has 0 heterocycles. The fraction of sp³-hybridized carbons (Fsp3) is 0.500. The molecule has 0 atom stereocenters. The summed E-state index contributed by atoms with van der Waals surface area (Å²) in [6.45, 7) is 7.94. The third kappa shape index (κ3) is 4.15. The van der Waals surface area contributed by atoms with Crippen molar-refractivity contribution in [2.75, 3.05) is 13.1 Å². The Morgan fingerprint density at radius 1 is 1.25 bits per heavy atom. The normalized spacial score (nSPS) is 10.4. The largest absolute Gasteiger partial charge is 0.317 e. The number of rotatable bonds is 6. The first-order valence-electron chi connectivity index (χ1n) is 5.92. The van der Waals surface area contributed by atoms with Crippen LogP contribution in [0.5, 0.6) is 0 Å². The van der Waals surface area contributed by atoms with Gasteiger partial charge < -0.3 is 5.32 Å². The van der Waals surface area contributed by atoms with Gasteiger partial charge in [-0.05, 0) is 37.1 Å². The zero-order chi connectivity index (χ0) is 12.0. The molecule has 0 aliphatic carbocycles. The van der Waals surface area contributed by atoms with E-state index in [1.54, 1.807) is 0 Å². The summed E-state index contributed by atoms with van der Waals surface area (Å²) in [4.78, 5) is 11.6. The highest BCUT2D eigenvalue weighted by Gasteiger charge is 2.04. The van der Waals surface area contributed by atoms with Crippen molar-refractivity contribution < 1.29 is 4.79 Å². The van der Waals surface area contributed by atoms with Crippen molar-refractivity contribution in [2.24, 2.45) is 0 Å². The number of Topliss-reactive ketones (excluding diaryl/α,β-unsaturated/α-hetero) is 1. The Morgan fingerprint density at radius 3 is 2.62 bits per heavy atom. The second kappa shape index (κ2) is 6.44. The van der Waals surface area contributed by atoms with Crippen molar-refractivity contribution in [1.82, 2.24) is 5.32 Å². The van der Waals surface area contributed by atoms with Crippen LogP contribution in [0.1, 0.15) is 30.0 Å². The molecule has 0 fully saturated rings. The van der Waals surface area contributed by atoms with E-state index in [9.17, 15) is 4.79 Å². The highest BCUT2D eigenvalue weighted by atomic mass is 16.1. The quantitative estimate of drug-likeness (QED) is 0.744. The fourth-order valence-electron chi connectivity index (χ4n) is 1.63. The number of ketones is 1. The Kier molecular flexibility index (Phi) is 5.20. The van der Waals surface area contributed by atoms with Crippen molar-refractivity contribution in [2.45, 2.75) is 33.6 Å². The van der Waals surface area contributed by atoms with Crippen molar-refractivity contribution in [3.05, 3.63) is 34.9 Å². The summed E-state index contributed by atoms with van der Waals surface area (Å²) in [6.07, 6.45) is 1.19. The van der Waals surface area contributed by atoms with Crippen molar-refractivity contribution in [1.29, 1.82) is 0 Å². The van der Waals surface area contributed by atoms with Gasteiger partial charge in [0.1, 0.15) is 5.78 Å². The number of nitrogens with one attached hydrogen (secondary N) is 1. The number of carbonyl (C=O) groups is 1. The molecular formula is C14H21NO. The second-order valence-corrected chi connectivity index (χ2v) is 4.24. The second-order valence-electron chi connectivity index (χ2n) is 4.24. The summed E-state index contributed by atoms with van der Waals surface area (Å²) in [5.74, 6) is 0.309. The third-order valence-electron chi connectivity index (χ3n) is 2.80. The molecule has 2 nitrogen and oxygen atoms in total. The first-order chi connectivity index (χ1) is 7.63. The molecule has 0 bridgehead atoms. The zero-order valence-electron chi connectivity index (χ0n) is 10.5. The molecule has 2 heteroatoms. The smallest absolute Gasteiger partial charge is 0.138 e. The molecule has 1 aromatic rings. The Morgan fingerprint density at radius 2 is 2.00 bits per heavy atom. The van der Waals surface area contributed by atoms with Crippen molar-refractivity contribution >= 4 is 5.78 Å². The summed E-state index contributed by atoms with van der Waals surface area (Å²) in [7, 11) is 0. The highest BCUT2D eigenvalue weighted by Crippen LogP contribution is 2.10. The predicted molar refractivity (Wildman–Crippen MR) is 67.8 cm³/mol. The van der Waals surface area contributed by atoms with E-state index in [4.69, 9.17) is 0 Å². The van der Waals surface area contributed by atoms with Crippen LogP contribution in [0.25, 0.3) is 0 Å². The summed E-state index contributed by atoms with van der Waals surface area (Å²) >= 11 is 0. The van der Waals surface area contributed by atoms with Gasteiger partial charge in [0.05, 0.1) is 0 Å². The van der Waals surface area contributed by atoms with E-state index in [0.717, 1.165) is 18.7 Å². The van der Waals surface area contributed by atoms with Gasteiger partial charge in [-0.3, -0.25) is 4.79 Å². The minimum Gasteiger partial charge on any atom is -0.317 e. The van der Waals surface area contributed by atoms with Gasteiger partial charge in [0.25, 0.3) is 0 Å². The molecule has 1 N–H and O–H groups in total. The molecule has 1 rings (SSSR count). The fourth-order valence-corrected chi connectivity index (χ4v) is 1.63. The van der Waals surface area contributed by atoms with Crippen LogP contribution in [-0.2, 0) is 11.2 Å². The van der Waals surface area contributed by atoms with Crippen LogP contribution in [0.4, 0.5) is 0 Å². The van der Waals surface area contributed by atoms with Gasteiger partial charge >= 0.3 is 0 Å². The molecule has 0 saturated carbocycles. The first-order valence-corrected chi connectivity index (χ1v) is 5.92. The lowest BCUT2D eigenvalue weighted by Gasteiger charge is -2.05. The monoisotopic (exact) mass is 219 g/mol. The molecule has 0 aliphatic rings. The lowest BCUT2D eigenvalue weighted by Crippen LogP contribution is -2.18. The third-order valence-corrected chi connectivity index (χ3v) is 2.80. The SMILES string of the molecule is CCNCCC(=O)Cc1ccc(C)c(C)c1. The summed E-state index contributed by atoms with van der Waals surface area (Å²) in [5, 5.41) is 3.16. The van der Waals surface area contributed by atoms with E-state index < -0.39 is 0 Å². The number of aryl methyl sites for hydroxylation is 2. The molecule has 0 aliphatic heterocycles. The Hall–Kier alpha value is -1.15. The average Bonchev–Trinajstić information content (AvgIpc) is 2.24. The average molecular weight is 219 g/mol. The van der Waals surface area contributed by atoms with Crippen LogP contribution in [0.15, 0.2) is 18.2 Å². The van der Waals surface area contributed by atoms with Crippen LogP contribution in [0.2, 0.25) is 0 Å². The molecular weight excluding hydrogens is 198 g/mol. The molecule has 0 amide bonds. The van der Waals surface area contributed by atoms with E-state index in [0.29, 0.717) is 18.6 Å². The molecule has 88 valence electrons. The van der Waals surface area contributed by atoms with E-state index in [1.807, 2.05) is 13.0 Å². The van der Waals surface area contributed by atoms with Gasteiger partial charge in [-0.25, -0.2) is 0 Å². The molecule has 0 radical (unpaired) electrons. The van der Waals surface area contributed by atoms with Gasteiger partial charge in [0.15, 0.2) is 0 Å². The lowest BCUT2D eigenvalue weighted by atomic mass is 10.0. The summed E-state index contributed by atoms with van der Waals surface area (Å²) in [6, 6.07) is 6.25. The van der Waals surface area contributed by atoms with Crippen LogP contribution in [0, 0.1) is 13.8 Å². The van der Waals surface area contributed by atoms with Gasteiger partial charge in [-0.1, -0.05) is 25.1 Å². The zero-order valence-corrected chi connectivity index (χ0v) is 10.5. The predicted octanol–water partition coefficient (Wildman–Crippen LogP) is 2.41. The maximum absolute atomic E-state index is 11.6. The number of hydrogen-bond donors (Lipinski definition) is 1. The van der Waals surface area contributed by atoms with Crippen LogP contribution in [-0.4, -0.2) is 18.9 Å². The maximum atomic E-state index is 11.6. The van der Waals surface area contributed by atoms with Crippen molar-refractivity contribution in [3.63, 3.8) is 0 Å². The van der Waals surface area contributed by atoms with Gasteiger partial charge in [-0.2, -0.15) is 0 Å². The summed E-state index contributed by atoms with van der Waals surface area (Å²) in [5.41, 5.74) is 3.67. The minimum absolute atomic E-state index is 0.309. The Balaban J connectivity index is 2.46. The first kappa shape index (κ1) is 12.9. The van der Waals surface area contributed by atoms with Gasteiger partial charge in [0.2, 0.25) is 0 Å². The highest BCUT2D eigenvalue weighted by molar-refractivity contribution is 5.81. The lowest BCUT2D eigenvalue weighted by molar-refractivity contribution is -0.118. The summed E-state index contributed by atoms with van der Waals surface area (Å²) < 4.78 is 0. The Labute approximate surface area is 98.1 Å². The number of hydrogen-bond acceptors (Lipinski definition) is 2. The number of benzene rings is 1. The van der Waals surface area contributed by atoms with Crippen LogP contribution >= 0.6 is 0 Å². The van der Waals surface area contributed by atoms with Gasteiger partial charge in [0, 0.05) is 19.4 Å². The molecule has 1 aromatic carbocycles. The standard InChI is InChI=1S/C14H21NO/c1-4-15-8-7-14(16)10-13-6-5-11(2)12(3)9-13/h5-6,9,15H,4,7-8,10H2,1-3H3. The molecule has 0 unspecified atom stereocenters. The van der Waals surface area contributed by atoms with Gasteiger partial charge in [-0.15, -0.1) is 0 Å². The van der Waals surface area contributed by atoms with Crippen molar-refractivity contribution in [3.8, 4) is 0 Å². The van der Waals surface area contributed by atoms with E-state index >= 15 is 0 Å². The van der Waals surface area contributed by atoms with Crippen LogP contribution < -0.4 is 5.32 Å². The van der Waals surface area contributed by atoms with E-state index in [1.165, 1.54) is 11.1 Å². The molecule has 0 spiro atoms. The van der Waals surface area contributed by atoms with E-state index in [-0.39, 0.29) is 0 Å². The Bertz CT molecular complexity index is 358. The number of carbonyl (C=O) groups excluding carboxylic acids is 1. The maximum Gasteiger partial charge on any atom is 0.138 e. The molecule has 0 aromatic heterocycles. The topological polar surface area (TPSA) is 29.1 Å². The molecule has 16 heavy (non-hydrogen) atoms. The minimum atomic E-state index is 0.309.